The Morgan fingerprint density at radius 2 is 1.74 bits per heavy atom. The van der Waals surface area contributed by atoms with E-state index in [1.807, 2.05) is 24.3 Å². The first-order valence-electron chi connectivity index (χ1n) is 9.67. The van der Waals surface area contributed by atoms with Crippen molar-refractivity contribution in [2.75, 3.05) is 32.1 Å². The summed E-state index contributed by atoms with van der Waals surface area (Å²) in [7, 11) is 1.68. The standard InChI is InChI=1S/C22H24N4O/c1-27-17-9-7-16(8-10-17)20-18-5-2-3-6-19(18)21(25-24-20)23-22(11-12-22)15-26-13-4-14-26/h2-3,5-10H,4,11-15H2,1H3,(H,23,25). The molecule has 5 nitrogen and oxygen atoms in total. The Kier molecular flexibility index (Phi) is 3.97. The van der Waals surface area contributed by atoms with Crippen LogP contribution in [0.1, 0.15) is 19.3 Å². The minimum absolute atomic E-state index is 0.180. The number of likely N-dealkylation sites (tertiary alicyclic amines) is 1. The molecule has 0 amide bonds. The van der Waals surface area contributed by atoms with E-state index in [1.54, 1.807) is 7.11 Å². The van der Waals surface area contributed by atoms with Gasteiger partial charge in [0.25, 0.3) is 0 Å². The van der Waals surface area contributed by atoms with Gasteiger partial charge in [-0.1, -0.05) is 24.3 Å². The van der Waals surface area contributed by atoms with Gasteiger partial charge >= 0.3 is 0 Å². The number of ether oxygens (including phenoxy) is 1. The van der Waals surface area contributed by atoms with Crippen LogP contribution < -0.4 is 10.1 Å². The van der Waals surface area contributed by atoms with Crippen molar-refractivity contribution >= 4 is 16.6 Å². The highest BCUT2D eigenvalue weighted by Crippen LogP contribution is 2.42. The lowest BCUT2D eigenvalue weighted by Crippen LogP contribution is -2.45. The highest BCUT2D eigenvalue weighted by molar-refractivity contribution is 6.00. The predicted molar refractivity (Wildman–Crippen MR) is 108 cm³/mol. The van der Waals surface area contributed by atoms with Crippen molar-refractivity contribution in [2.24, 2.45) is 0 Å². The van der Waals surface area contributed by atoms with E-state index < -0.39 is 0 Å². The van der Waals surface area contributed by atoms with Crippen LogP contribution >= 0.6 is 0 Å². The summed E-state index contributed by atoms with van der Waals surface area (Å²) in [4.78, 5) is 2.53. The van der Waals surface area contributed by atoms with E-state index in [4.69, 9.17) is 4.74 Å². The van der Waals surface area contributed by atoms with Gasteiger partial charge in [0.05, 0.1) is 12.6 Å². The van der Waals surface area contributed by atoms with Crippen molar-refractivity contribution in [3.05, 3.63) is 48.5 Å². The number of fused-ring (bicyclic) bond motifs is 1. The van der Waals surface area contributed by atoms with E-state index in [-0.39, 0.29) is 5.54 Å². The van der Waals surface area contributed by atoms with E-state index in [9.17, 15) is 0 Å². The van der Waals surface area contributed by atoms with Crippen LogP contribution in [0.4, 0.5) is 5.82 Å². The molecule has 1 aliphatic carbocycles. The van der Waals surface area contributed by atoms with Gasteiger partial charge in [-0.05, 0) is 56.6 Å². The molecular weight excluding hydrogens is 336 g/mol. The number of methoxy groups -OCH3 is 1. The molecule has 2 heterocycles. The Bertz CT molecular complexity index is 962. The van der Waals surface area contributed by atoms with E-state index in [1.165, 1.54) is 32.4 Å². The Morgan fingerprint density at radius 1 is 1.00 bits per heavy atom. The number of hydrogen-bond acceptors (Lipinski definition) is 5. The average Bonchev–Trinajstić information content (AvgIpc) is 3.45. The van der Waals surface area contributed by atoms with Crippen LogP contribution in [0.15, 0.2) is 48.5 Å². The summed E-state index contributed by atoms with van der Waals surface area (Å²) >= 11 is 0. The van der Waals surface area contributed by atoms with Crippen LogP contribution in [-0.4, -0.2) is 47.4 Å². The van der Waals surface area contributed by atoms with Crippen molar-refractivity contribution in [2.45, 2.75) is 24.8 Å². The molecule has 1 saturated heterocycles. The normalized spacial score (nSPS) is 18.1. The van der Waals surface area contributed by atoms with Gasteiger partial charge in [-0.25, -0.2) is 0 Å². The first-order chi connectivity index (χ1) is 13.3. The van der Waals surface area contributed by atoms with E-state index in [0.717, 1.165) is 40.1 Å². The highest BCUT2D eigenvalue weighted by atomic mass is 16.5. The Hall–Kier alpha value is -2.66. The van der Waals surface area contributed by atoms with Crippen molar-refractivity contribution in [1.82, 2.24) is 15.1 Å². The summed E-state index contributed by atoms with van der Waals surface area (Å²) < 4.78 is 5.27. The third-order valence-corrected chi connectivity index (χ3v) is 5.76. The minimum atomic E-state index is 0.180. The molecule has 0 bridgehead atoms. The molecule has 1 saturated carbocycles. The third-order valence-electron chi connectivity index (χ3n) is 5.76. The molecule has 0 atom stereocenters. The minimum Gasteiger partial charge on any atom is -0.497 e. The summed E-state index contributed by atoms with van der Waals surface area (Å²) in [5.74, 6) is 1.75. The number of benzene rings is 2. The fraction of sp³-hybridized carbons (Fsp3) is 0.364. The topological polar surface area (TPSA) is 50.3 Å². The molecular formula is C22H24N4O. The summed E-state index contributed by atoms with van der Waals surface area (Å²) in [5, 5.41) is 15.2. The van der Waals surface area contributed by atoms with Crippen LogP contribution in [0.25, 0.3) is 22.0 Å². The van der Waals surface area contributed by atoms with Crippen LogP contribution in [-0.2, 0) is 0 Å². The Morgan fingerprint density at radius 3 is 2.37 bits per heavy atom. The number of anilines is 1. The zero-order valence-electron chi connectivity index (χ0n) is 15.6. The molecule has 2 aliphatic rings. The molecule has 5 rings (SSSR count). The van der Waals surface area contributed by atoms with Crippen molar-refractivity contribution in [1.29, 1.82) is 0 Å². The molecule has 5 heteroatoms. The first kappa shape index (κ1) is 16.5. The number of aromatic nitrogens is 2. The smallest absolute Gasteiger partial charge is 0.157 e. The fourth-order valence-corrected chi connectivity index (χ4v) is 3.85. The van der Waals surface area contributed by atoms with Gasteiger partial charge in [0.1, 0.15) is 11.4 Å². The van der Waals surface area contributed by atoms with Crippen LogP contribution in [0.3, 0.4) is 0 Å². The quantitative estimate of drug-likeness (QED) is 0.721. The van der Waals surface area contributed by atoms with E-state index in [0.29, 0.717) is 0 Å². The lowest BCUT2D eigenvalue weighted by Gasteiger charge is -2.34. The first-order valence-corrected chi connectivity index (χ1v) is 9.67. The summed E-state index contributed by atoms with van der Waals surface area (Å²) in [6.45, 7) is 3.57. The molecule has 3 aromatic rings. The van der Waals surface area contributed by atoms with Crippen molar-refractivity contribution in [3.8, 4) is 17.0 Å². The second kappa shape index (κ2) is 6.50. The maximum atomic E-state index is 5.27. The summed E-state index contributed by atoms with van der Waals surface area (Å²) in [5.41, 5.74) is 2.14. The van der Waals surface area contributed by atoms with Crippen LogP contribution in [0.2, 0.25) is 0 Å². The van der Waals surface area contributed by atoms with E-state index >= 15 is 0 Å². The molecule has 1 aromatic heterocycles. The van der Waals surface area contributed by atoms with Gasteiger partial charge in [-0.2, -0.15) is 0 Å². The number of nitrogens with one attached hydrogen (secondary N) is 1. The monoisotopic (exact) mass is 360 g/mol. The SMILES string of the molecule is COc1ccc(-c2nnc(NC3(CN4CCC4)CC3)c3ccccc23)cc1. The Balaban J connectivity index is 1.50. The summed E-state index contributed by atoms with van der Waals surface area (Å²) in [6, 6.07) is 16.4. The predicted octanol–water partition coefficient (Wildman–Crippen LogP) is 3.96. The number of nitrogens with zero attached hydrogens (tertiary/aromatic N) is 3. The van der Waals surface area contributed by atoms with Gasteiger partial charge in [0, 0.05) is 22.9 Å². The van der Waals surface area contributed by atoms with Crippen LogP contribution in [0, 0.1) is 0 Å². The largest absolute Gasteiger partial charge is 0.497 e. The molecule has 0 spiro atoms. The average molecular weight is 360 g/mol. The molecule has 0 radical (unpaired) electrons. The zero-order valence-corrected chi connectivity index (χ0v) is 15.6. The lowest BCUT2D eigenvalue weighted by atomic mass is 10.0. The van der Waals surface area contributed by atoms with Gasteiger partial charge in [-0.3, -0.25) is 0 Å². The van der Waals surface area contributed by atoms with Gasteiger partial charge in [-0.15, -0.1) is 10.2 Å². The van der Waals surface area contributed by atoms with Gasteiger partial charge in [0.2, 0.25) is 0 Å². The lowest BCUT2D eigenvalue weighted by molar-refractivity contribution is 0.169. The Labute approximate surface area is 159 Å². The van der Waals surface area contributed by atoms with Crippen LogP contribution in [0.5, 0.6) is 5.75 Å². The number of rotatable bonds is 6. The van der Waals surface area contributed by atoms with Gasteiger partial charge in [0.15, 0.2) is 5.82 Å². The molecule has 1 aliphatic heterocycles. The fourth-order valence-electron chi connectivity index (χ4n) is 3.85. The molecule has 2 aromatic carbocycles. The van der Waals surface area contributed by atoms with Crippen molar-refractivity contribution in [3.63, 3.8) is 0 Å². The third kappa shape index (κ3) is 3.12. The molecule has 2 fully saturated rings. The maximum absolute atomic E-state index is 5.27. The summed E-state index contributed by atoms with van der Waals surface area (Å²) in [6.07, 6.45) is 3.74. The second-order valence-corrected chi connectivity index (χ2v) is 7.71. The second-order valence-electron chi connectivity index (χ2n) is 7.71. The molecule has 0 unspecified atom stereocenters. The maximum Gasteiger partial charge on any atom is 0.157 e. The molecule has 1 N–H and O–H groups in total. The van der Waals surface area contributed by atoms with Gasteiger partial charge < -0.3 is 15.0 Å². The number of hydrogen-bond donors (Lipinski definition) is 1. The van der Waals surface area contributed by atoms with Crippen molar-refractivity contribution < 1.29 is 4.74 Å². The molecule has 138 valence electrons. The van der Waals surface area contributed by atoms with E-state index in [2.05, 4.69) is 44.7 Å². The highest BCUT2D eigenvalue weighted by Gasteiger charge is 2.45. The molecule has 27 heavy (non-hydrogen) atoms. The zero-order chi connectivity index (χ0) is 18.3.